The highest BCUT2D eigenvalue weighted by molar-refractivity contribution is 6.01. The molecule has 28 heavy (non-hydrogen) atoms. The van der Waals surface area contributed by atoms with Gasteiger partial charge in [0.2, 0.25) is 0 Å². The van der Waals surface area contributed by atoms with Gasteiger partial charge in [0, 0.05) is 5.56 Å². The van der Waals surface area contributed by atoms with Crippen molar-refractivity contribution < 1.29 is 9.90 Å². The van der Waals surface area contributed by atoms with E-state index in [0.29, 0.717) is 11.5 Å². The van der Waals surface area contributed by atoms with Crippen LogP contribution in [0.4, 0.5) is 0 Å². The van der Waals surface area contributed by atoms with E-state index in [2.05, 4.69) is 18.7 Å². The zero-order chi connectivity index (χ0) is 21.6. The summed E-state index contributed by atoms with van der Waals surface area (Å²) in [6.07, 6.45) is 14.3. The van der Waals surface area contributed by atoms with E-state index in [1.165, 1.54) is 57.1 Å². The fourth-order valence-corrected chi connectivity index (χ4v) is 3.20. The molecule has 0 amide bonds. The van der Waals surface area contributed by atoms with Crippen LogP contribution in [0, 0.1) is 0 Å². The molecule has 0 radical (unpaired) electrons. The lowest BCUT2D eigenvalue weighted by Crippen LogP contribution is -2.31. The van der Waals surface area contributed by atoms with Gasteiger partial charge in [0.15, 0.2) is 5.78 Å². The zero-order valence-electron chi connectivity index (χ0n) is 18.8. The van der Waals surface area contributed by atoms with Crippen LogP contribution in [0.1, 0.15) is 95.5 Å². The number of carbonyl (C=O) groups excluding carboxylic acids is 1. The summed E-state index contributed by atoms with van der Waals surface area (Å²) in [4.78, 5) is 11.9. The van der Waals surface area contributed by atoms with E-state index in [-0.39, 0.29) is 5.78 Å². The summed E-state index contributed by atoms with van der Waals surface area (Å²) >= 11 is 0. The first-order valence-electron chi connectivity index (χ1n) is 10.6. The van der Waals surface area contributed by atoms with Crippen LogP contribution >= 0.6 is 0 Å². The Morgan fingerprint density at radius 3 is 2.07 bits per heavy atom. The third-order valence-electron chi connectivity index (χ3n) is 4.62. The van der Waals surface area contributed by atoms with Gasteiger partial charge in [-0.25, -0.2) is 0 Å². The molecule has 1 aromatic rings. The predicted octanol–water partition coefficient (Wildman–Crippen LogP) is 7.41. The topological polar surface area (TPSA) is 37.3 Å². The molecule has 1 aromatic carbocycles. The molecule has 1 fully saturated rings. The van der Waals surface area contributed by atoms with Crippen LogP contribution < -0.4 is 0 Å². The van der Waals surface area contributed by atoms with Gasteiger partial charge in [0.25, 0.3) is 0 Å². The van der Waals surface area contributed by atoms with Gasteiger partial charge >= 0.3 is 0 Å². The van der Waals surface area contributed by atoms with Crippen LogP contribution in [0.25, 0.3) is 0 Å². The number of rotatable bonds is 5. The molecule has 0 saturated heterocycles. The van der Waals surface area contributed by atoms with Gasteiger partial charge in [-0.15, -0.1) is 0 Å². The smallest absolute Gasteiger partial charge is 0.193 e. The minimum absolute atomic E-state index is 0.210. The number of allylic oxidation sites excluding steroid dienone is 5. The standard InChI is InChI=1S/C16H22O2.C8H12.C2H6/c1-16(2,18)15(17)14-10-8-13(9-11-14)12-6-4-3-5-7-12;1-4-6-8(3)7-5-2;1-2/h8-12,18H,3-7H2,1-2H3;4-7H,1H2,2-3H3;1-2H3/b;7-5-,8-6-;. The lowest BCUT2D eigenvalue weighted by molar-refractivity contribution is 0.0488. The van der Waals surface area contributed by atoms with E-state index in [9.17, 15) is 9.90 Å². The monoisotopic (exact) mass is 384 g/mol. The van der Waals surface area contributed by atoms with Gasteiger partial charge in [-0.1, -0.05) is 93.8 Å². The summed E-state index contributed by atoms with van der Waals surface area (Å²) in [6.45, 7) is 14.7. The van der Waals surface area contributed by atoms with Crippen LogP contribution in [0.5, 0.6) is 0 Å². The van der Waals surface area contributed by atoms with Crippen molar-refractivity contribution in [3.8, 4) is 0 Å². The lowest BCUT2D eigenvalue weighted by Gasteiger charge is -2.22. The Morgan fingerprint density at radius 1 is 1.11 bits per heavy atom. The van der Waals surface area contributed by atoms with Crippen LogP contribution in [-0.2, 0) is 0 Å². The molecule has 0 aliphatic heterocycles. The molecule has 2 rings (SSSR count). The van der Waals surface area contributed by atoms with Crippen LogP contribution in [0.15, 0.2) is 60.7 Å². The predicted molar refractivity (Wildman–Crippen MR) is 123 cm³/mol. The molecule has 0 unspecified atom stereocenters. The highest BCUT2D eigenvalue weighted by Gasteiger charge is 2.25. The molecule has 1 aliphatic rings. The molecule has 0 atom stereocenters. The van der Waals surface area contributed by atoms with Crippen LogP contribution in [0.2, 0.25) is 0 Å². The first kappa shape index (κ1) is 26.1. The minimum atomic E-state index is -1.29. The second-order valence-corrected chi connectivity index (χ2v) is 7.49. The Labute approximate surface area is 173 Å². The van der Waals surface area contributed by atoms with E-state index in [4.69, 9.17) is 0 Å². The fourth-order valence-electron chi connectivity index (χ4n) is 3.20. The van der Waals surface area contributed by atoms with Crippen molar-refractivity contribution in [3.05, 3.63) is 71.8 Å². The molecular formula is C26H40O2. The number of carbonyl (C=O) groups is 1. The second-order valence-electron chi connectivity index (χ2n) is 7.49. The molecule has 2 heteroatoms. The van der Waals surface area contributed by atoms with Crippen molar-refractivity contribution in [1.29, 1.82) is 0 Å². The van der Waals surface area contributed by atoms with Crippen molar-refractivity contribution in [1.82, 2.24) is 0 Å². The number of ketones is 1. The summed E-state index contributed by atoms with van der Waals surface area (Å²) in [7, 11) is 0. The van der Waals surface area contributed by atoms with Crippen LogP contribution in [-0.4, -0.2) is 16.5 Å². The van der Waals surface area contributed by atoms with Crippen molar-refractivity contribution >= 4 is 5.78 Å². The highest BCUT2D eigenvalue weighted by Crippen LogP contribution is 2.32. The SMILES string of the molecule is C=C/C=C(C)\C=C/C.CC.CC(C)(O)C(=O)c1ccc(C2CCCCC2)cc1. The number of aliphatic hydroxyl groups is 1. The van der Waals surface area contributed by atoms with E-state index >= 15 is 0 Å². The molecule has 1 saturated carbocycles. The summed E-state index contributed by atoms with van der Waals surface area (Å²) in [6, 6.07) is 7.80. The van der Waals surface area contributed by atoms with E-state index in [0.717, 1.165) is 0 Å². The fraction of sp³-hybridized carbons (Fsp3) is 0.500. The second kappa shape index (κ2) is 14.1. The Hall–Kier alpha value is -1.93. The Kier molecular flexibility index (Phi) is 13.1. The molecule has 156 valence electrons. The van der Waals surface area contributed by atoms with Crippen molar-refractivity contribution in [2.75, 3.05) is 0 Å². The highest BCUT2D eigenvalue weighted by atomic mass is 16.3. The van der Waals surface area contributed by atoms with Gasteiger partial charge in [-0.2, -0.15) is 0 Å². The number of benzene rings is 1. The number of hydrogen-bond donors (Lipinski definition) is 1. The summed E-state index contributed by atoms with van der Waals surface area (Å²) in [5.41, 5.74) is 1.89. The summed E-state index contributed by atoms with van der Waals surface area (Å²) in [5.74, 6) is 0.447. The van der Waals surface area contributed by atoms with Gasteiger partial charge < -0.3 is 5.11 Å². The normalized spacial score (nSPS) is 15.2. The first-order valence-corrected chi connectivity index (χ1v) is 10.6. The van der Waals surface area contributed by atoms with Gasteiger partial charge in [0.05, 0.1) is 0 Å². The Morgan fingerprint density at radius 2 is 1.64 bits per heavy atom. The third kappa shape index (κ3) is 9.85. The maximum Gasteiger partial charge on any atom is 0.193 e. The molecule has 0 aromatic heterocycles. The largest absolute Gasteiger partial charge is 0.382 e. The Bertz CT molecular complexity index is 621. The Balaban J connectivity index is 0.000000618. The average Bonchev–Trinajstić information content (AvgIpc) is 2.70. The molecule has 0 spiro atoms. The minimum Gasteiger partial charge on any atom is -0.382 e. The quantitative estimate of drug-likeness (QED) is 0.424. The van der Waals surface area contributed by atoms with E-state index < -0.39 is 5.60 Å². The summed E-state index contributed by atoms with van der Waals surface area (Å²) in [5, 5.41) is 9.71. The molecular weight excluding hydrogens is 344 g/mol. The number of Topliss-reactive ketones (excluding diaryl/α,β-unsaturated/α-hetero) is 1. The summed E-state index contributed by atoms with van der Waals surface area (Å²) < 4.78 is 0. The maximum absolute atomic E-state index is 11.9. The van der Waals surface area contributed by atoms with Crippen molar-refractivity contribution in [2.24, 2.45) is 0 Å². The van der Waals surface area contributed by atoms with Crippen molar-refractivity contribution in [2.45, 2.75) is 85.2 Å². The lowest BCUT2D eigenvalue weighted by atomic mass is 9.83. The van der Waals surface area contributed by atoms with E-state index in [1.54, 1.807) is 6.08 Å². The van der Waals surface area contributed by atoms with Gasteiger partial charge in [-0.05, 0) is 52.0 Å². The molecule has 1 N–H and O–H groups in total. The first-order chi connectivity index (χ1) is 13.3. The molecule has 0 heterocycles. The van der Waals surface area contributed by atoms with Crippen LogP contribution in [0.3, 0.4) is 0 Å². The van der Waals surface area contributed by atoms with Gasteiger partial charge in [-0.3, -0.25) is 4.79 Å². The van der Waals surface area contributed by atoms with Crippen molar-refractivity contribution in [3.63, 3.8) is 0 Å². The maximum atomic E-state index is 11.9. The van der Waals surface area contributed by atoms with Gasteiger partial charge in [0.1, 0.15) is 5.60 Å². The van der Waals surface area contributed by atoms with E-state index in [1.807, 2.05) is 58.1 Å². The average molecular weight is 385 g/mol. The zero-order valence-corrected chi connectivity index (χ0v) is 18.8. The third-order valence-corrected chi connectivity index (χ3v) is 4.62. The molecule has 0 bridgehead atoms. The number of hydrogen-bond acceptors (Lipinski definition) is 2. The molecule has 2 nitrogen and oxygen atoms in total. The molecule has 1 aliphatic carbocycles.